The van der Waals surface area contributed by atoms with Gasteiger partial charge in [-0.05, 0) is 24.3 Å². The second-order valence-electron chi connectivity index (χ2n) is 6.87. The molecular formula is C21H12F6N4OS. The first-order chi connectivity index (χ1) is 15.4. The van der Waals surface area contributed by atoms with Gasteiger partial charge in [-0.3, -0.25) is 4.79 Å². The predicted molar refractivity (Wildman–Crippen MR) is 110 cm³/mol. The van der Waals surface area contributed by atoms with Gasteiger partial charge in [-0.1, -0.05) is 30.3 Å². The number of rotatable bonds is 3. The minimum Gasteiger partial charge on any atom is -0.321 e. The molecule has 0 atom stereocenters. The molecule has 0 bridgehead atoms. The Balaban J connectivity index is 1.81. The third-order valence-electron chi connectivity index (χ3n) is 4.65. The quantitative estimate of drug-likeness (QED) is 0.279. The number of nitrogens with zero attached hydrogens (tertiary/aromatic N) is 3. The standard InChI is InChI=1S/C21H12F6N4OS/c22-20(23,24)12-6-7-16(33)15(8-12)30-19(32)13-10-28-31-17(21(25,26)27)9-14(29-18(13)31)11-4-2-1-3-5-11/h1-10,33H,(H,30,32). The summed E-state index contributed by atoms with van der Waals surface area (Å²) in [7, 11) is 0. The lowest BCUT2D eigenvalue weighted by Crippen LogP contribution is -2.16. The summed E-state index contributed by atoms with van der Waals surface area (Å²) in [5, 5.41) is 5.88. The molecule has 33 heavy (non-hydrogen) atoms. The zero-order valence-corrected chi connectivity index (χ0v) is 17.1. The molecule has 2 heterocycles. The van der Waals surface area contributed by atoms with Crippen molar-refractivity contribution in [2.24, 2.45) is 0 Å². The summed E-state index contributed by atoms with van der Waals surface area (Å²) in [6.45, 7) is 0. The number of benzene rings is 2. The SMILES string of the molecule is O=C(Nc1cc(C(F)(F)F)ccc1S)c1cnn2c(C(F)(F)F)cc(-c3ccccc3)nc12. The fraction of sp³-hybridized carbons (Fsp3) is 0.0952. The fourth-order valence-electron chi connectivity index (χ4n) is 3.08. The lowest BCUT2D eigenvalue weighted by molar-refractivity contribution is -0.142. The van der Waals surface area contributed by atoms with Crippen LogP contribution >= 0.6 is 12.6 Å². The maximum Gasteiger partial charge on any atom is 0.433 e. The van der Waals surface area contributed by atoms with Gasteiger partial charge in [-0.2, -0.15) is 31.4 Å². The number of nitrogens with one attached hydrogen (secondary N) is 1. The highest BCUT2D eigenvalue weighted by Crippen LogP contribution is 2.35. The van der Waals surface area contributed by atoms with Crippen LogP contribution in [-0.2, 0) is 12.4 Å². The van der Waals surface area contributed by atoms with Gasteiger partial charge in [0.15, 0.2) is 11.3 Å². The number of aromatic nitrogens is 3. The first-order valence-corrected chi connectivity index (χ1v) is 9.63. The minimum atomic E-state index is -4.82. The van der Waals surface area contributed by atoms with E-state index in [1.807, 2.05) is 0 Å². The second-order valence-corrected chi connectivity index (χ2v) is 7.35. The Kier molecular flexibility index (Phi) is 5.56. The topological polar surface area (TPSA) is 59.3 Å². The summed E-state index contributed by atoms with van der Waals surface area (Å²) in [4.78, 5) is 17.0. The Morgan fingerprint density at radius 1 is 0.939 bits per heavy atom. The van der Waals surface area contributed by atoms with Crippen molar-refractivity contribution in [1.82, 2.24) is 14.6 Å². The van der Waals surface area contributed by atoms with Crippen molar-refractivity contribution < 1.29 is 31.1 Å². The van der Waals surface area contributed by atoms with Gasteiger partial charge in [0.1, 0.15) is 5.56 Å². The van der Waals surface area contributed by atoms with Crippen LogP contribution in [0.15, 0.2) is 65.7 Å². The molecule has 0 aliphatic heterocycles. The molecule has 1 N–H and O–H groups in total. The van der Waals surface area contributed by atoms with Gasteiger partial charge in [-0.15, -0.1) is 12.6 Å². The zero-order valence-electron chi connectivity index (χ0n) is 16.2. The van der Waals surface area contributed by atoms with Crippen molar-refractivity contribution >= 4 is 29.9 Å². The Labute approximate surface area is 187 Å². The smallest absolute Gasteiger partial charge is 0.321 e. The van der Waals surface area contributed by atoms with Crippen LogP contribution in [0.2, 0.25) is 0 Å². The monoisotopic (exact) mass is 482 g/mol. The Bertz CT molecular complexity index is 1350. The molecule has 0 aliphatic rings. The average molecular weight is 482 g/mol. The maximum atomic E-state index is 13.7. The average Bonchev–Trinajstić information content (AvgIpc) is 3.17. The third-order valence-corrected chi connectivity index (χ3v) is 5.04. The van der Waals surface area contributed by atoms with Crippen LogP contribution in [0.5, 0.6) is 0 Å². The van der Waals surface area contributed by atoms with Gasteiger partial charge in [0.05, 0.1) is 23.1 Å². The number of anilines is 1. The van der Waals surface area contributed by atoms with Crippen LogP contribution in [0.25, 0.3) is 16.9 Å². The van der Waals surface area contributed by atoms with Crippen molar-refractivity contribution in [3.8, 4) is 11.3 Å². The van der Waals surface area contributed by atoms with E-state index >= 15 is 0 Å². The summed E-state index contributed by atoms with van der Waals surface area (Å²) in [5.41, 5.74) is -2.92. The van der Waals surface area contributed by atoms with E-state index in [2.05, 4.69) is 28.0 Å². The molecule has 4 aromatic rings. The molecule has 5 nitrogen and oxygen atoms in total. The molecule has 0 saturated carbocycles. The largest absolute Gasteiger partial charge is 0.433 e. The van der Waals surface area contributed by atoms with Crippen LogP contribution in [-0.4, -0.2) is 20.5 Å². The van der Waals surface area contributed by atoms with Crippen LogP contribution in [0.3, 0.4) is 0 Å². The van der Waals surface area contributed by atoms with E-state index in [-0.39, 0.29) is 21.8 Å². The molecule has 0 spiro atoms. The third kappa shape index (κ3) is 4.51. The van der Waals surface area contributed by atoms with E-state index in [1.165, 1.54) is 0 Å². The maximum absolute atomic E-state index is 13.7. The predicted octanol–water partition coefficient (Wildman–Crippen LogP) is 5.97. The van der Waals surface area contributed by atoms with E-state index in [4.69, 9.17) is 0 Å². The van der Waals surface area contributed by atoms with Crippen molar-refractivity contribution in [2.45, 2.75) is 17.2 Å². The van der Waals surface area contributed by atoms with Gasteiger partial charge in [0, 0.05) is 10.5 Å². The lowest BCUT2D eigenvalue weighted by Gasteiger charge is -2.13. The zero-order chi connectivity index (χ0) is 24.0. The number of amides is 1. The molecule has 1 amide bonds. The Hall–Kier alpha value is -3.54. The van der Waals surface area contributed by atoms with Gasteiger partial charge in [0.2, 0.25) is 0 Å². The number of thiol groups is 1. The van der Waals surface area contributed by atoms with Crippen LogP contribution in [0, 0.1) is 0 Å². The van der Waals surface area contributed by atoms with E-state index < -0.39 is 35.2 Å². The summed E-state index contributed by atoms with van der Waals surface area (Å²) in [6.07, 6.45) is -8.61. The van der Waals surface area contributed by atoms with E-state index in [1.54, 1.807) is 30.3 Å². The van der Waals surface area contributed by atoms with Crippen molar-refractivity contribution in [3.05, 3.63) is 77.6 Å². The molecule has 0 saturated heterocycles. The number of carbonyl (C=O) groups excluding carboxylic acids is 1. The normalized spacial score (nSPS) is 12.2. The van der Waals surface area contributed by atoms with Crippen LogP contribution < -0.4 is 5.32 Å². The molecule has 4 rings (SSSR count). The van der Waals surface area contributed by atoms with Gasteiger partial charge < -0.3 is 5.32 Å². The highest BCUT2D eigenvalue weighted by Gasteiger charge is 2.36. The number of alkyl halides is 6. The minimum absolute atomic E-state index is 0.0294. The summed E-state index contributed by atoms with van der Waals surface area (Å²) in [5.74, 6) is -0.995. The van der Waals surface area contributed by atoms with E-state index in [9.17, 15) is 31.1 Å². The lowest BCUT2D eigenvalue weighted by atomic mass is 10.1. The first kappa shape index (κ1) is 22.6. The number of halogens is 6. The molecule has 12 heteroatoms. The molecule has 170 valence electrons. The number of hydrogen-bond acceptors (Lipinski definition) is 4. The number of fused-ring (bicyclic) bond motifs is 1. The molecule has 0 radical (unpaired) electrons. The fourth-order valence-corrected chi connectivity index (χ4v) is 3.28. The van der Waals surface area contributed by atoms with Crippen molar-refractivity contribution in [3.63, 3.8) is 0 Å². The van der Waals surface area contributed by atoms with Crippen molar-refractivity contribution in [2.75, 3.05) is 5.32 Å². The highest BCUT2D eigenvalue weighted by molar-refractivity contribution is 7.80. The van der Waals surface area contributed by atoms with Gasteiger partial charge in [-0.25, -0.2) is 9.50 Å². The number of hydrogen-bond donors (Lipinski definition) is 2. The summed E-state index contributed by atoms with van der Waals surface area (Å²) < 4.78 is 80.5. The molecule has 2 aromatic heterocycles. The molecule has 0 unspecified atom stereocenters. The molecule has 2 aromatic carbocycles. The van der Waals surface area contributed by atoms with Gasteiger partial charge in [0.25, 0.3) is 5.91 Å². The Morgan fingerprint density at radius 2 is 1.64 bits per heavy atom. The Morgan fingerprint density at radius 3 is 2.27 bits per heavy atom. The van der Waals surface area contributed by atoms with Gasteiger partial charge >= 0.3 is 12.4 Å². The van der Waals surface area contributed by atoms with E-state index in [0.29, 0.717) is 16.1 Å². The number of carbonyl (C=O) groups is 1. The van der Waals surface area contributed by atoms with Crippen molar-refractivity contribution in [1.29, 1.82) is 0 Å². The molecule has 0 fully saturated rings. The van der Waals surface area contributed by atoms with Crippen LogP contribution in [0.1, 0.15) is 21.6 Å². The summed E-state index contributed by atoms with van der Waals surface area (Å²) in [6, 6.07) is 11.3. The molecular weight excluding hydrogens is 470 g/mol. The molecule has 0 aliphatic carbocycles. The highest BCUT2D eigenvalue weighted by atomic mass is 32.1. The van der Waals surface area contributed by atoms with E-state index in [0.717, 1.165) is 24.4 Å². The first-order valence-electron chi connectivity index (χ1n) is 9.18. The van der Waals surface area contributed by atoms with Crippen LogP contribution in [0.4, 0.5) is 32.0 Å². The summed E-state index contributed by atoms with van der Waals surface area (Å²) >= 11 is 4.04. The second kappa shape index (κ2) is 8.10.